The van der Waals surface area contributed by atoms with Crippen LogP contribution in [-0.4, -0.2) is 68.3 Å². The van der Waals surface area contributed by atoms with Crippen molar-refractivity contribution in [3.63, 3.8) is 0 Å². The van der Waals surface area contributed by atoms with Gasteiger partial charge in [0.1, 0.15) is 0 Å². The molecule has 0 radical (unpaired) electrons. The molecule has 0 aromatic heterocycles. The van der Waals surface area contributed by atoms with Gasteiger partial charge in [-0.05, 0) is 49.3 Å². The minimum absolute atomic E-state index is 0.0336. The number of hydrogen-bond acceptors (Lipinski definition) is 3. The molecule has 0 spiro atoms. The standard InChI is InChI=1S/C26H48N2O2S/c1-9-22(15-14-21(2)30-8)18-27-25(29)24(20-31-19-23-12-10-11-13-23)28(6,7)17-16-26(3,4)5/h9,14-15,21,23-24H,10-13,16-20H2,1-8H3/p+1/b15-14-,22-9+. The molecule has 2 unspecified atom stereocenters. The lowest BCUT2D eigenvalue weighted by Gasteiger charge is -2.39. The summed E-state index contributed by atoms with van der Waals surface area (Å²) in [5.41, 5.74) is 1.38. The number of nitrogens with one attached hydrogen (secondary N) is 1. The first-order valence-electron chi connectivity index (χ1n) is 12.0. The fourth-order valence-electron chi connectivity index (χ4n) is 3.80. The molecular weight excluding hydrogens is 404 g/mol. The lowest BCUT2D eigenvalue weighted by Crippen LogP contribution is -2.58. The van der Waals surface area contributed by atoms with E-state index in [1.807, 2.05) is 31.7 Å². The van der Waals surface area contributed by atoms with Gasteiger partial charge in [0.25, 0.3) is 5.91 Å². The monoisotopic (exact) mass is 453 g/mol. The van der Waals surface area contributed by atoms with Crippen LogP contribution in [0.3, 0.4) is 0 Å². The van der Waals surface area contributed by atoms with E-state index in [4.69, 9.17) is 4.74 Å². The highest BCUT2D eigenvalue weighted by Crippen LogP contribution is 2.29. The highest BCUT2D eigenvalue weighted by Gasteiger charge is 2.35. The number of likely N-dealkylation sites (N-methyl/N-ethyl adjacent to an activating group) is 1. The second kappa shape index (κ2) is 13.7. The van der Waals surface area contributed by atoms with Crippen LogP contribution >= 0.6 is 11.8 Å². The number of allylic oxidation sites excluding steroid dienone is 1. The maximum Gasteiger partial charge on any atom is 0.279 e. The Bertz CT molecular complexity index is 587. The summed E-state index contributed by atoms with van der Waals surface area (Å²) in [6.07, 6.45) is 12.8. The summed E-state index contributed by atoms with van der Waals surface area (Å²) in [4.78, 5) is 13.3. The quantitative estimate of drug-likeness (QED) is 0.298. The zero-order chi connectivity index (χ0) is 23.5. The van der Waals surface area contributed by atoms with Crippen LogP contribution < -0.4 is 5.32 Å². The number of nitrogens with zero attached hydrogens (tertiary/aromatic N) is 1. The fraction of sp³-hybridized carbons (Fsp3) is 0.808. The first kappa shape index (κ1) is 28.3. The van der Waals surface area contributed by atoms with Crippen molar-refractivity contribution in [2.75, 3.05) is 45.8 Å². The van der Waals surface area contributed by atoms with Crippen LogP contribution in [0.1, 0.15) is 66.7 Å². The van der Waals surface area contributed by atoms with Crippen molar-refractivity contribution in [1.29, 1.82) is 0 Å². The van der Waals surface area contributed by atoms with Crippen LogP contribution in [0.2, 0.25) is 0 Å². The van der Waals surface area contributed by atoms with Crippen molar-refractivity contribution in [1.82, 2.24) is 5.32 Å². The molecule has 180 valence electrons. The summed E-state index contributed by atoms with van der Waals surface area (Å²) in [5.74, 6) is 3.11. The molecule has 1 fully saturated rings. The summed E-state index contributed by atoms with van der Waals surface area (Å²) in [5, 5.41) is 3.23. The molecule has 1 aliphatic carbocycles. The van der Waals surface area contributed by atoms with Crippen LogP contribution in [0.15, 0.2) is 23.8 Å². The van der Waals surface area contributed by atoms with Crippen molar-refractivity contribution in [3.05, 3.63) is 23.8 Å². The van der Waals surface area contributed by atoms with E-state index in [9.17, 15) is 4.79 Å². The van der Waals surface area contributed by atoms with Crippen LogP contribution in [0.25, 0.3) is 0 Å². The Kier molecular flexibility index (Phi) is 12.5. The van der Waals surface area contributed by atoms with Gasteiger partial charge in [-0.1, -0.05) is 51.8 Å². The summed E-state index contributed by atoms with van der Waals surface area (Å²) >= 11 is 1.98. The van der Waals surface area contributed by atoms with Gasteiger partial charge in [0.15, 0.2) is 6.04 Å². The Hall–Kier alpha value is -0.780. The van der Waals surface area contributed by atoms with Crippen molar-refractivity contribution in [2.24, 2.45) is 11.3 Å². The number of carbonyl (C=O) groups is 1. The third kappa shape index (κ3) is 11.6. The Morgan fingerprint density at radius 1 is 1.26 bits per heavy atom. The van der Waals surface area contributed by atoms with Gasteiger partial charge in [-0.15, -0.1) is 0 Å². The molecule has 0 aromatic rings. The van der Waals surface area contributed by atoms with E-state index < -0.39 is 0 Å². The largest absolute Gasteiger partial charge is 0.378 e. The van der Waals surface area contributed by atoms with Crippen LogP contribution in [-0.2, 0) is 9.53 Å². The van der Waals surface area contributed by atoms with E-state index in [1.54, 1.807) is 7.11 Å². The van der Waals surface area contributed by atoms with E-state index >= 15 is 0 Å². The normalized spacial score (nSPS) is 18.5. The molecule has 1 amide bonds. The van der Waals surface area contributed by atoms with E-state index in [1.165, 1.54) is 31.4 Å². The van der Waals surface area contributed by atoms with Gasteiger partial charge in [0, 0.05) is 20.1 Å². The molecule has 0 bridgehead atoms. The summed E-state index contributed by atoms with van der Waals surface area (Å²) < 4.78 is 6.03. The van der Waals surface area contributed by atoms with Crippen LogP contribution in [0, 0.1) is 11.3 Å². The molecule has 1 N–H and O–H groups in total. The number of rotatable bonds is 13. The number of methoxy groups -OCH3 is 1. The van der Waals surface area contributed by atoms with Gasteiger partial charge in [-0.25, -0.2) is 0 Å². The predicted molar refractivity (Wildman–Crippen MR) is 136 cm³/mol. The van der Waals surface area contributed by atoms with Crippen molar-refractivity contribution in [3.8, 4) is 0 Å². The van der Waals surface area contributed by atoms with Gasteiger partial charge >= 0.3 is 0 Å². The van der Waals surface area contributed by atoms with Crippen LogP contribution in [0.5, 0.6) is 0 Å². The van der Waals surface area contributed by atoms with Crippen molar-refractivity contribution < 1.29 is 14.0 Å². The topological polar surface area (TPSA) is 38.3 Å². The Labute approximate surface area is 196 Å². The average Bonchev–Trinajstić information content (AvgIpc) is 3.22. The average molecular weight is 454 g/mol. The number of quaternary nitrogens is 1. The minimum atomic E-state index is -0.0336. The second-order valence-corrected chi connectivity index (χ2v) is 12.0. The number of amides is 1. The maximum atomic E-state index is 13.3. The Balaban J connectivity index is 2.77. The molecule has 0 aliphatic heterocycles. The Morgan fingerprint density at radius 2 is 1.90 bits per heavy atom. The molecule has 5 heteroatoms. The summed E-state index contributed by atoms with van der Waals surface area (Å²) in [6.45, 7) is 12.4. The zero-order valence-electron chi connectivity index (χ0n) is 21.5. The Morgan fingerprint density at radius 3 is 2.45 bits per heavy atom. The summed E-state index contributed by atoms with van der Waals surface area (Å²) in [6, 6.07) is -0.0336. The predicted octanol–water partition coefficient (Wildman–Crippen LogP) is 5.44. The first-order valence-corrected chi connectivity index (χ1v) is 13.2. The molecule has 31 heavy (non-hydrogen) atoms. The van der Waals surface area contributed by atoms with E-state index in [-0.39, 0.29) is 23.5 Å². The molecule has 0 saturated heterocycles. The number of thioether (sulfide) groups is 1. The highest BCUT2D eigenvalue weighted by atomic mass is 32.2. The SMILES string of the molecule is C/C=C(\C=C/C(C)OC)CNC(=O)C(CSCC1CCCC1)[N+](C)(C)CCC(C)(C)C. The molecule has 0 aromatic carbocycles. The van der Waals surface area contributed by atoms with E-state index in [0.29, 0.717) is 6.54 Å². The number of ether oxygens (including phenoxy) is 1. The second-order valence-electron chi connectivity index (χ2n) is 10.9. The molecule has 4 nitrogen and oxygen atoms in total. The maximum absolute atomic E-state index is 13.3. The molecule has 1 saturated carbocycles. The molecular formula is C26H49N2O2S+. The number of carbonyl (C=O) groups excluding carboxylic acids is 1. The molecule has 2 atom stereocenters. The smallest absolute Gasteiger partial charge is 0.279 e. The van der Waals surface area contributed by atoms with Crippen molar-refractivity contribution >= 4 is 17.7 Å². The van der Waals surface area contributed by atoms with Crippen molar-refractivity contribution in [2.45, 2.75) is 78.9 Å². The van der Waals surface area contributed by atoms with Crippen LogP contribution in [0.4, 0.5) is 0 Å². The van der Waals surface area contributed by atoms with Gasteiger partial charge in [0.05, 0.1) is 32.5 Å². The third-order valence-corrected chi connectivity index (χ3v) is 7.74. The molecule has 0 heterocycles. The highest BCUT2D eigenvalue weighted by molar-refractivity contribution is 7.99. The number of hydrogen-bond donors (Lipinski definition) is 1. The van der Waals surface area contributed by atoms with Gasteiger partial charge < -0.3 is 14.5 Å². The third-order valence-electron chi connectivity index (χ3n) is 6.48. The minimum Gasteiger partial charge on any atom is -0.378 e. The fourth-order valence-corrected chi connectivity index (χ4v) is 5.38. The van der Waals surface area contributed by atoms with E-state index in [2.05, 4.69) is 52.3 Å². The first-order chi connectivity index (χ1) is 14.5. The molecule has 1 rings (SSSR count). The summed E-state index contributed by atoms with van der Waals surface area (Å²) in [7, 11) is 6.16. The van der Waals surface area contributed by atoms with Gasteiger partial charge in [-0.2, -0.15) is 11.8 Å². The molecule has 1 aliphatic rings. The van der Waals surface area contributed by atoms with E-state index in [0.717, 1.165) is 34.7 Å². The lowest BCUT2D eigenvalue weighted by molar-refractivity contribution is -0.904. The van der Waals surface area contributed by atoms with Gasteiger partial charge in [0.2, 0.25) is 0 Å². The zero-order valence-corrected chi connectivity index (χ0v) is 22.3. The lowest BCUT2D eigenvalue weighted by atomic mass is 9.91. The van der Waals surface area contributed by atoms with Gasteiger partial charge in [-0.3, -0.25) is 4.79 Å².